The standard InChI is InChI=1S/C19H27NO3S/c1-2-20(15-7-4-3-5-8-15)19(21)14-24-16-9-10-17-18(13-16)23-12-6-11-22-17/h9-10,13,15H,2-8,11-12,14H2,1H3. The van der Waals surface area contributed by atoms with Gasteiger partial charge in [0.2, 0.25) is 5.91 Å². The molecule has 1 aromatic rings. The lowest BCUT2D eigenvalue weighted by molar-refractivity contribution is -0.131. The summed E-state index contributed by atoms with van der Waals surface area (Å²) >= 11 is 1.59. The third-order valence-corrected chi connectivity index (χ3v) is 5.74. The van der Waals surface area contributed by atoms with E-state index in [0.29, 0.717) is 25.0 Å². The number of hydrogen-bond acceptors (Lipinski definition) is 4. The van der Waals surface area contributed by atoms with Crippen LogP contribution in [-0.2, 0) is 4.79 Å². The van der Waals surface area contributed by atoms with Crippen LogP contribution in [-0.4, -0.2) is 42.4 Å². The molecule has 3 rings (SSSR count). The second-order valence-electron chi connectivity index (χ2n) is 6.42. The van der Waals surface area contributed by atoms with E-state index in [9.17, 15) is 4.79 Å². The van der Waals surface area contributed by atoms with E-state index in [1.54, 1.807) is 11.8 Å². The fourth-order valence-electron chi connectivity index (χ4n) is 3.49. The van der Waals surface area contributed by atoms with Crippen LogP contribution in [0.2, 0.25) is 0 Å². The van der Waals surface area contributed by atoms with E-state index in [1.807, 2.05) is 18.2 Å². The van der Waals surface area contributed by atoms with E-state index in [0.717, 1.165) is 42.2 Å². The van der Waals surface area contributed by atoms with Crippen LogP contribution in [0.25, 0.3) is 0 Å². The molecule has 0 atom stereocenters. The van der Waals surface area contributed by atoms with E-state index in [2.05, 4.69) is 11.8 Å². The van der Waals surface area contributed by atoms with Crippen molar-refractivity contribution in [2.45, 2.75) is 56.4 Å². The molecule has 24 heavy (non-hydrogen) atoms. The number of rotatable bonds is 5. The number of carbonyl (C=O) groups is 1. The van der Waals surface area contributed by atoms with Gasteiger partial charge in [0.1, 0.15) is 0 Å². The van der Waals surface area contributed by atoms with E-state index in [-0.39, 0.29) is 5.91 Å². The summed E-state index contributed by atoms with van der Waals surface area (Å²) in [6.07, 6.45) is 7.05. The van der Waals surface area contributed by atoms with Crippen LogP contribution < -0.4 is 9.47 Å². The fraction of sp³-hybridized carbons (Fsp3) is 0.632. The van der Waals surface area contributed by atoms with Crippen molar-refractivity contribution in [2.75, 3.05) is 25.5 Å². The van der Waals surface area contributed by atoms with E-state index < -0.39 is 0 Å². The van der Waals surface area contributed by atoms with Gasteiger partial charge in [-0.05, 0) is 38.0 Å². The first kappa shape index (κ1) is 17.5. The van der Waals surface area contributed by atoms with E-state index in [1.165, 1.54) is 19.3 Å². The van der Waals surface area contributed by atoms with Crippen LogP contribution in [0.5, 0.6) is 11.5 Å². The summed E-state index contributed by atoms with van der Waals surface area (Å²) in [5, 5.41) is 0. The van der Waals surface area contributed by atoms with Crippen LogP contribution in [0.1, 0.15) is 45.4 Å². The zero-order chi connectivity index (χ0) is 16.8. The van der Waals surface area contributed by atoms with Gasteiger partial charge in [-0.2, -0.15) is 0 Å². The molecule has 1 saturated carbocycles. The fourth-order valence-corrected chi connectivity index (χ4v) is 4.30. The maximum Gasteiger partial charge on any atom is 0.233 e. The Kier molecular flexibility index (Phi) is 6.30. The number of carbonyl (C=O) groups excluding carboxylic acids is 1. The monoisotopic (exact) mass is 349 g/mol. The van der Waals surface area contributed by atoms with Crippen molar-refractivity contribution in [1.82, 2.24) is 4.90 Å². The molecule has 0 saturated heterocycles. The van der Waals surface area contributed by atoms with Gasteiger partial charge < -0.3 is 14.4 Å². The maximum absolute atomic E-state index is 12.6. The summed E-state index contributed by atoms with van der Waals surface area (Å²) < 4.78 is 11.4. The van der Waals surface area contributed by atoms with Gasteiger partial charge in [0.25, 0.3) is 0 Å². The lowest BCUT2D eigenvalue weighted by atomic mass is 9.94. The van der Waals surface area contributed by atoms with Crippen molar-refractivity contribution in [1.29, 1.82) is 0 Å². The Morgan fingerprint density at radius 1 is 1.12 bits per heavy atom. The quantitative estimate of drug-likeness (QED) is 0.750. The molecule has 0 N–H and O–H groups in total. The van der Waals surface area contributed by atoms with Crippen LogP contribution in [0.4, 0.5) is 0 Å². The molecule has 4 nitrogen and oxygen atoms in total. The van der Waals surface area contributed by atoms with E-state index in [4.69, 9.17) is 9.47 Å². The molecular formula is C19H27NO3S. The molecule has 0 unspecified atom stereocenters. The number of nitrogens with zero attached hydrogens (tertiary/aromatic N) is 1. The average Bonchev–Trinajstić information content (AvgIpc) is 2.86. The largest absolute Gasteiger partial charge is 0.490 e. The smallest absolute Gasteiger partial charge is 0.233 e. The molecule has 1 heterocycles. The molecule has 1 aliphatic heterocycles. The van der Waals surface area contributed by atoms with Crippen molar-refractivity contribution in [3.63, 3.8) is 0 Å². The average molecular weight is 349 g/mol. The number of amides is 1. The number of benzene rings is 1. The lowest BCUT2D eigenvalue weighted by Gasteiger charge is -2.33. The molecule has 0 spiro atoms. The van der Waals surface area contributed by atoms with Crippen molar-refractivity contribution >= 4 is 17.7 Å². The third-order valence-electron chi connectivity index (χ3n) is 4.76. The molecule has 0 bridgehead atoms. The van der Waals surface area contributed by atoms with Crippen LogP contribution >= 0.6 is 11.8 Å². The van der Waals surface area contributed by atoms with Crippen molar-refractivity contribution in [3.05, 3.63) is 18.2 Å². The Bertz CT molecular complexity index is 558. The summed E-state index contributed by atoms with van der Waals surface area (Å²) in [5.74, 6) is 2.34. The predicted octanol–water partition coefficient (Wildman–Crippen LogP) is 4.12. The highest BCUT2D eigenvalue weighted by Crippen LogP contribution is 2.34. The molecule has 1 aliphatic carbocycles. The zero-order valence-electron chi connectivity index (χ0n) is 14.5. The highest BCUT2D eigenvalue weighted by molar-refractivity contribution is 8.00. The summed E-state index contributed by atoms with van der Waals surface area (Å²) in [4.78, 5) is 15.8. The Morgan fingerprint density at radius 2 is 1.88 bits per heavy atom. The van der Waals surface area contributed by atoms with Crippen LogP contribution in [0, 0.1) is 0 Å². The normalized spacial score (nSPS) is 18.0. The van der Waals surface area contributed by atoms with Gasteiger partial charge in [-0.15, -0.1) is 11.8 Å². The number of fused-ring (bicyclic) bond motifs is 1. The van der Waals surface area contributed by atoms with Crippen LogP contribution in [0.3, 0.4) is 0 Å². The summed E-state index contributed by atoms with van der Waals surface area (Å²) in [6.45, 7) is 4.28. The van der Waals surface area contributed by atoms with Gasteiger partial charge in [0.15, 0.2) is 11.5 Å². The number of thioether (sulfide) groups is 1. The van der Waals surface area contributed by atoms with Gasteiger partial charge in [0.05, 0.1) is 19.0 Å². The molecule has 2 aliphatic rings. The highest BCUT2D eigenvalue weighted by atomic mass is 32.2. The first-order chi connectivity index (χ1) is 11.8. The minimum atomic E-state index is 0.251. The third kappa shape index (κ3) is 4.38. The second-order valence-corrected chi connectivity index (χ2v) is 7.47. The molecule has 1 aromatic carbocycles. The van der Waals surface area contributed by atoms with Gasteiger partial charge in [0, 0.05) is 23.9 Å². The first-order valence-electron chi connectivity index (χ1n) is 9.10. The second kappa shape index (κ2) is 8.65. The molecule has 0 aromatic heterocycles. The number of hydrogen-bond donors (Lipinski definition) is 0. The maximum atomic E-state index is 12.6. The predicted molar refractivity (Wildman–Crippen MR) is 97.0 cm³/mol. The molecule has 0 radical (unpaired) electrons. The molecular weight excluding hydrogens is 322 g/mol. The number of ether oxygens (including phenoxy) is 2. The zero-order valence-corrected chi connectivity index (χ0v) is 15.3. The Morgan fingerprint density at radius 3 is 2.62 bits per heavy atom. The molecule has 1 amide bonds. The SMILES string of the molecule is CCN(C(=O)CSc1ccc2c(c1)OCCCO2)C1CCCCC1. The van der Waals surface area contributed by atoms with Crippen molar-refractivity contribution in [3.8, 4) is 11.5 Å². The molecule has 5 heteroatoms. The highest BCUT2D eigenvalue weighted by Gasteiger charge is 2.24. The summed E-state index contributed by atoms with van der Waals surface area (Å²) in [5.41, 5.74) is 0. The molecule has 132 valence electrons. The Hall–Kier alpha value is -1.36. The first-order valence-corrected chi connectivity index (χ1v) is 10.1. The minimum Gasteiger partial charge on any atom is -0.490 e. The summed E-state index contributed by atoms with van der Waals surface area (Å²) in [6, 6.07) is 6.41. The van der Waals surface area contributed by atoms with Gasteiger partial charge in [-0.3, -0.25) is 4.79 Å². The van der Waals surface area contributed by atoms with Gasteiger partial charge in [-0.1, -0.05) is 19.3 Å². The minimum absolute atomic E-state index is 0.251. The van der Waals surface area contributed by atoms with Crippen molar-refractivity contribution in [2.24, 2.45) is 0 Å². The molecule has 1 fully saturated rings. The lowest BCUT2D eigenvalue weighted by Crippen LogP contribution is -2.42. The summed E-state index contributed by atoms with van der Waals surface area (Å²) in [7, 11) is 0. The van der Waals surface area contributed by atoms with Crippen LogP contribution in [0.15, 0.2) is 23.1 Å². The van der Waals surface area contributed by atoms with Gasteiger partial charge in [-0.25, -0.2) is 0 Å². The Labute approximate surface area is 148 Å². The Balaban J connectivity index is 1.58. The van der Waals surface area contributed by atoms with E-state index >= 15 is 0 Å². The topological polar surface area (TPSA) is 38.8 Å². The van der Waals surface area contributed by atoms with Gasteiger partial charge >= 0.3 is 0 Å². The van der Waals surface area contributed by atoms with Crippen molar-refractivity contribution < 1.29 is 14.3 Å².